The van der Waals surface area contributed by atoms with Crippen molar-refractivity contribution >= 4 is 21.7 Å². The van der Waals surface area contributed by atoms with Crippen LogP contribution in [-0.2, 0) is 0 Å². The zero-order valence-electron chi connectivity index (χ0n) is 6.17. The number of hydrogen-bond donors (Lipinski definition) is 2. The monoisotopic (exact) mass is 183 g/mol. The molecule has 5 nitrogen and oxygen atoms in total. The van der Waals surface area contributed by atoms with E-state index in [1.807, 2.05) is 0 Å². The van der Waals surface area contributed by atoms with E-state index in [0.29, 0.717) is 15.9 Å². The van der Waals surface area contributed by atoms with Gasteiger partial charge in [0.05, 0.1) is 11.1 Å². The predicted molar refractivity (Wildman–Crippen MR) is 45.6 cm³/mol. The summed E-state index contributed by atoms with van der Waals surface area (Å²) in [4.78, 5) is 27.1. The van der Waals surface area contributed by atoms with Crippen LogP contribution in [0.2, 0.25) is 0 Å². The fraction of sp³-hybridized carbons (Fsp3) is 0.167. The first kappa shape index (κ1) is 7.23. The number of rotatable bonds is 0. The molecule has 0 radical (unpaired) electrons. The van der Waals surface area contributed by atoms with Crippen molar-refractivity contribution < 1.29 is 0 Å². The van der Waals surface area contributed by atoms with Gasteiger partial charge in [0, 0.05) is 0 Å². The molecule has 0 unspecified atom stereocenters. The summed E-state index contributed by atoms with van der Waals surface area (Å²) >= 11 is 1.12. The Bertz CT molecular complexity index is 535. The van der Waals surface area contributed by atoms with Gasteiger partial charge >= 0.3 is 5.69 Å². The molecule has 0 aromatic carbocycles. The molecule has 6 heteroatoms. The van der Waals surface area contributed by atoms with E-state index in [1.165, 1.54) is 0 Å². The fourth-order valence-corrected chi connectivity index (χ4v) is 1.81. The maximum absolute atomic E-state index is 11.2. The van der Waals surface area contributed by atoms with Crippen molar-refractivity contribution in [3.63, 3.8) is 0 Å². The Hall–Kier alpha value is -1.43. The first-order valence-corrected chi connectivity index (χ1v) is 4.04. The van der Waals surface area contributed by atoms with Crippen molar-refractivity contribution in [2.24, 2.45) is 0 Å². The van der Waals surface area contributed by atoms with Gasteiger partial charge < -0.3 is 0 Å². The van der Waals surface area contributed by atoms with E-state index in [4.69, 9.17) is 0 Å². The minimum atomic E-state index is -0.490. The van der Waals surface area contributed by atoms with E-state index in [9.17, 15) is 9.59 Å². The molecule has 2 aromatic heterocycles. The maximum Gasteiger partial charge on any atom is 0.326 e. The normalized spacial score (nSPS) is 10.8. The molecule has 0 aliphatic rings. The summed E-state index contributed by atoms with van der Waals surface area (Å²) in [5.41, 5.74) is -0.219. The van der Waals surface area contributed by atoms with Crippen LogP contribution in [0.5, 0.6) is 0 Å². The molecule has 2 aromatic rings. The molecule has 0 bridgehead atoms. The van der Waals surface area contributed by atoms with Crippen LogP contribution in [0.1, 0.15) is 5.69 Å². The lowest BCUT2D eigenvalue weighted by atomic mass is 10.3. The SMILES string of the molecule is Cc1nsc2[nH]c(=O)[nH]c(=O)c12. The largest absolute Gasteiger partial charge is 0.326 e. The molecule has 0 fully saturated rings. The highest BCUT2D eigenvalue weighted by Gasteiger charge is 2.06. The van der Waals surface area contributed by atoms with Crippen molar-refractivity contribution in [2.45, 2.75) is 6.92 Å². The third-order valence-electron chi connectivity index (χ3n) is 1.54. The van der Waals surface area contributed by atoms with E-state index in [1.54, 1.807) is 6.92 Å². The van der Waals surface area contributed by atoms with Gasteiger partial charge in [0.15, 0.2) is 0 Å². The van der Waals surface area contributed by atoms with Gasteiger partial charge in [-0.1, -0.05) is 0 Å². The van der Waals surface area contributed by atoms with Gasteiger partial charge in [-0.2, -0.15) is 4.37 Å². The smallest absolute Gasteiger partial charge is 0.297 e. The minimum Gasteiger partial charge on any atom is -0.297 e. The molecule has 2 rings (SSSR count). The average Bonchev–Trinajstić information content (AvgIpc) is 2.31. The number of aromatic amines is 2. The Morgan fingerprint density at radius 1 is 1.33 bits per heavy atom. The summed E-state index contributed by atoms with van der Waals surface area (Å²) in [6, 6.07) is 0. The van der Waals surface area contributed by atoms with Gasteiger partial charge in [-0.05, 0) is 18.5 Å². The van der Waals surface area contributed by atoms with Crippen LogP contribution in [0.4, 0.5) is 0 Å². The molecule has 0 saturated heterocycles. The Balaban J connectivity index is 3.13. The number of H-pyrrole nitrogens is 2. The summed E-state index contributed by atoms with van der Waals surface area (Å²) < 4.78 is 3.95. The molecule has 0 spiro atoms. The van der Waals surface area contributed by atoms with Gasteiger partial charge in [0.2, 0.25) is 0 Å². The molecular formula is C6H5N3O2S. The molecule has 2 N–H and O–H groups in total. The Kier molecular flexibility index (Phi) is 1.37. The standard InChI is InChI=1S/C6H5N3O2S/c1-2-3-4(10)7-6(11)8-5(3)12-9-2/h1H3,(H2,7,8,10,11). The molecule has 0 atom stereocenters. The van der Waals surface area contributed by atoms with E-state index in [-0.39, 0.29) is 5.56 Å². The number of nitrogens with one attached hydrogen (secondary N) is 2. The molecule has 2 heterocycles. The lowest BCUT2D eigenvalue weighted by Crippen LogP contribution is -2.21. The number of hydrogen-bond acceptors (Lipinski definition) is 4. The highest BCUT2D eigenvalue weighted by Crippen LogP contribution is 2.13. The number of aromatic nitrogens is 3. The van der Waals surface area contributed by atoms with Crippen molar-refractivity contribution in [2.75, 3.05) is 0 Å². The van der Waals surface area contributed by atoms with Crippen LogP contribution in [0, 0.1) is 6.92 Å². The highest BCUT2D eigenvalue weighted by molar-refractivity contribution is 7.12. The highest BCUT2D eigenvalue weighted by atomic mass is 32.1. The van der Waals surface area contributed by atoms with Crippen LogP contribution in [0.25, 0.3) is 10.2 Å². The molecular weight excluding hydrogens is 178 g/mol. The van der Waals surface area contributed by atoms with Gasteiger partial charge in [-0.25, -0.2) is 4.79 Å². The third kappa shape index (κ3) is 0.884. The Morgan fingerprint density at radius 3 is 2.83 bits per heavy atom. The second-order valence-electron chi connectivity index (χ2n) is 2.38. The summed E-state index contributed by atoms with van der Waals surface area (Å²) in [6.07, 6.45) is 0. The van der Waals surface area contributed by atoms with Crippen LogP contribution >= 0.6 is 11.5 Å². The first-order valence-electron chi connectivity index (χ1n) is 3.27. The molecule has 62 valence electrons. The quantitative estimate of drug-likeness (QED) is 0.602. The number of aryl methyl sites for hydroxylation is 1. The molecule has 0 aliphatic heterocycles. The van der Waals surface area contributed by atoms with E-state index in [2.05, 4.69) is 14.3 Å². The topological polar surface area (TPSA) is 78.6 Å². The zero-order chi connectivity index (χ0) is 8.72. The van der Waals surface area contributed by atoms with Crippen LogP contribution in [-0.4, -0.2) is 14.3 Å². The Labute approximate surface area is 70.2 Å². The van der Waals surface area contributed by atoms with Gasteiger partial charge in [0.1, 0.15) is 4.83 Å². The van der Waals surface area contributed by atoms with E-state index in [0.717, 1.165) is 11.5 Å². The zero-order valence-corrected chi connectivity index (χ0v) is 6.99. The second kappa shape index (κ2) is 2.28. The first-order chi connectivity index (χ1) is 5.68. The summed E-state index contributed by atoms with van der Waals surface area (Å²) in [5, 5.41) is 0.472. The maximum atomic E-state index is 11.2. The molecule has 0 saturated carbocycles. The summed E-state index contributed by atoms with van der Waals surface area (Å²) in [7, 11) is 0. The minimum absolute atomic E-state index is 0.375. The van der Waals surface area contributed by atoms with Crippen LogP contribution < -0.4 is 11.2 Å². The lowest BCUT2D eigenvalue weighted by molar-refractivity contribution is 1.09. The molecule has 0 aliphatic carbocycles. The average molecular weight is 183 g/mol. The van der Waals surface area contributed by atoms with Crippen molar-refractivity contribution in [1.82, 2.24) is 14.3 Å². The Morgan fingerprint density at radius 2 is 2.08 bits per heavy atom. The lowest BCUT2D eigenvalue weighted by Gasteiger charge is -1.85. The van der Waals surface area contributed by atoms with E-state index >= 15 is 0 Å². The number of fused-ring (bicyclic) bond motifs is 1. The predicted octanol–water partition coefficient (Wildman–Crippen LogP) is -0.0187. The second-order valence-corrected chi connectivity index (χ2v) is 3.15. The van der Waals surface area contributed by atoms with Crippen molar-refractivity contribution in [3.05, 3.63) is 26.5 Å². The van der Waals surface area contributed by atoms with Crippen LogP contribution in [0.3, 0.4) is 0 Å². The molecule has 12 heavy (non-hydrogen) atoms. The fourth-order valence-electron chi connectivity index (χ4n) is 1.02. The van der Waals surface area contributed by atoms with Crippen molar-refractivity contribution in [1.29, 1.82) is 0 Å². The van der Waals surface area contributed by atoms with E-state index < -0.39 is 5.69 Å². The summed E-state index contributed by atoms with van der Waals surface area (Å²) in [6.45, 7) is 1.73. The molecule has 0 amide bonds. The summed E-state index contributed by atoms with van der Waals surface area (Å²) in [5.74, 6) is 0. The number of nitrogens with zero attached hydrogens (tertiary/aromatic N) is 1. The van der Waals surface area contributed by atoms with Gasteiger partial charge in [0.25, 0.3) is 5.56 Å². The van der Waals surface area contributed by atoms with Gasteiger partial charge in [-0.3, -0.25) is 14.8 Å². The van der Waals surface area contributed by atoms with Crippen molar-refractivity contribution in [3.8, 4) is 0 Å². The third-order valence-corrected chi connectivity index (χ3v) is 2.40. The van der Waals surface area contributed by atoms with Crippen LogP contribution in [0.15, 0.2) is 9.59 Å². The van der Waals surface area contributed by atoms with Gasteiger partial charge in [-0.15, -0.1) is 0 Å².